The van der Waals surface area contributed by atoms with Gasteiger partial charge in [0.05, 0.1) is 48.1 Å². The van der Waals surface area contributed by atoms with Crippen LogP contribution in [0, 0.1) is 0 Å². The van der Waals surface area contributed by atoms with E-state index < -0.39 is 24.2 Å². The molecule has 8 heterocycles. The normalized spacial score (nSPS) is 19.8. The maximum Gasteiger partial charge on any atom is 0.249 e. The standard InChI is InChI=1S/3C12H16N4O2.C11H15N5O2/c1-7(2)11-13-5-8(6-14-11)15-9-3-4-10(17)16-12(9)18;1-7(2)8-5-13-12(14-6-8)15-9-3-4-10(17)16-11(9)18;1-7(2)9-5-14-10(6-13-9)15-8-3-4-11(17)16-12(8)18;1-6(2)8-5-12-11(16-15-8)13-7-3-4-9(17)14-10(7)18/h5-7,9,15H,3-4H2,1-2H3,(H,16,17,18);5-7,9H,3-4H2,1-2H3,(H,13,14,15)(H,16,17,18);5-8H,3-4H2,1-2H3,(H,14,15)(H,16,17,18);5-7H,3-4H2,1-2H3,(H,12,13,16)(H,14,17,18). The molecular weight excluding hydrogens is 931 g/mol. The van der Waals surface area contributed by atoms with E-state index in [0.717, 1.165) is 22.8 Å². The maximum absolute atomic E-state index is 11.5. The van der Waals surface area contributed by atoms with Gasteiger partial charge in [-0.05, 0) is 49.0 Å². The van der Waals surface area contributed by atoms with Crippen LogP contribution in [0.2, 0.25) is 0 Å². The summed E-state index contributed by atoms with van der Waals surface area (Å²) < 4.78 is 0. The smallest absolute Gasteiger partial charge is 0.249 e. The first-order chi connectivity index (χ1) is 34.2. The van der Waals surface area contributed by atoms with E-state index in [2.05, 4.69) is 101 Å². The molecule has 4 aliphatic heterocycles. The van der Waals surface area contributed by atoms with Gasteiger partial charge in [0.15, 0.2) is 0 Å². The summed E-state index contributed by atoms with van der Waals surface area (Å²) >= 11 is 0. The highest BCUT2D eigenvalue weighted by atomic mass is 16.2. The zero-order valence-electron chi connectivity index (χ0n) is 41.6. The molecule has 4 saturated heterocycles. The fourth-order valence-corrected chi connectivity index (χ4v) is 6.76. The molecular formula is C47H63N17O8. The molecule has 0 aliphatic carbocycles. The van der Waals surface area contributed by atoms with Crippen LogP contribution in [-0.2, 0) is 38.4 Å². The summed E-state index contributed by atoms with van der Waals surface area (Å²) in [5, 5.41) is 28.9. The zero-order chi connectivity index (χ0) is 52.5. The first kappa shape index (κ1) is 54.9. The molecule has 0 aromatic carbocycles. The van der Waals surface area contributed by atoms with Crippen LogP contribution in [0.5, 0.6) is 0 Å². The van der Waals surface area contributed by atoms with Gasteiger partial charge in [0.2, 0.25) is 59.2 Å². The minimum Gasteiger partial charge on any atom is -0.371 e. The van der Waals surface area contributed by atoms with Crippen molar-refractivity contribution in [3.8, 4) is 0 Å². The molecule has 0 radical (unpaired) electrons. The van der Waals surface area contributed by atoms with Crippen molar-refractivity contribution < 1.29 is 38.4 Å². The van der Waals surface area contributed by atoms with Crippen LogP contribution in [-0.4, -0.2) is 117 Å². The second-order valence-corrected chi connectivity index (χ2v) is 18.4. The number of carbonyl (C=O) groups is 8. The number of aromatic nitrogens is 9. The van der Waals surface area contributed by atoms with E-state index in [1.165, 1.54) is 0 Å². The number of amides is 8. The van der Waals surface area contributed by atoms with Crippen molar-refractivity contribution in [1.29, 1.82) is 0 Å². The maximum atomic E-state index is 11.5. The third-order valence-electron chi connectivity index (χ3n) is 11.2. The van der Waals surface area contributed by atoms with Crippen molar-refractivity contribution in [2.24, 2.45) is 0 Å². The fourth-order valence-electron chi connectivity index (χ4n) is 6.76. The van der Waals surface area contributed by atoms with Gasteiger partial charge in [-0.3, -0.25) is 64.6 Å². The number of nitrogens with one attached hydrogen (secondary N) is 8. The summed E-state index contributed by atoms with van der Waals surface area (Å²) in [5.74, 6) is 1.08. The predicted molar refractivity (Wildman–Crippen MR) is 261 cm³/mol. The number of nitrogens with zero attached hydrogens (tertiary/aromatic N) is 9. The summed E-state index contributed by atoms with van der Waals surface area (Å²) in [6.07, 6.45) is 15.0. The Morgan fingerprint density at radius 3 is 1.19 bits per heavy atom. The Morgan fingerprint density at radius 2 is 0.819 bits per heavy atom. The molecule has 25 nitrogen and oxygen atoms in total. The quantitative estimate of drug-likeness (QED) is 0.0946. The Bertz CT molecular complexity index is 2170. The lowest BCUT2D eigenvalue weighted by atomic mass is 10.1. The number of hydrogen-bond acceptors (Lipinski definition) is 21. The van der Waals surface area contributed by atoms with Gasteiger partial charge in [-0.25, -0.2) is 29.9 Å². The molecule has 0 spiro atoms. The molecule has 0 bridgehead atoms. The van der Waals surface area contributed by atoms with Gasteiger partial charge in [-0.15, -0.1) is 5.10 Å². The van der Waals surface area contributed by atoms with Crippen molar-refractivity contribution in [3.63, 3.8) is 0 Å². The van der Waals surface area contributed by atoms with Crippen molar-refractivity contribution in [1.82, 2.24) is 66.4 Å². The highest BCUT2D eigenvalue weighted by Crippen LogP contribution is 2.18. The molecule has 4 unspecified atom stereocenters. The third-order valence-corrected chi connectivity index (χ3v) is 11.2. The largest absolute Gasteiger partial charge is 0.371 e. The number of carbonyl (C=O) groups excluding carboxylic acids is 8. The van der Waals surface area contributed by atoms with E-state index in [0.29, 0.717) is 86.6 Å². The summed E-state index contributed by atoms with van der Waals surface area (Å²) in [6, 6.07) is -1.72. The molecule has 0 saturated carbocycles. The van der Waals surface area contributed by atoms with Crippen LogP contribution in [0.15, 0.2) is 43.4 Å². The van der Waals surface area contributed by atoms with Gasteiger partial charge in [0.1, 0.15) is 35.8 Å². The highest BCUT2D eigenvalue weighted by Gasteiger charge is 2.30. The Labute approximate surface area is 416 Å². The Hall–Kier alpha value is -7.99. The minimum absolute atomic E-state index is 0.218. The van der Waals surface area contributed by atoms with E-state index in [4.69, 9.17) is 0 Å². The summed E-state index contributed by atoms with van der Waals surface area (Å²) in [6.45, 7) is 16.2. The Morgan fingerprint density at radius 1 is 0.403 bits per heavy atom. The molecule has 4 fully saturated rings. The van der Waals surface area contributed by atoms with Crippen LogP contribution in [0.25, 0.3) is 0 Å². The minimum atomic E-state index is -0.477. The lowest BCUT2D eigenvalue weighted by molar-refractivity contribution is -0.135. The second-order valence-electron chi connectivity index (χ2n) is 18.4. The molecule has 384 valence electrons. The molecule has 4 atom stereocenters. The van der Waals surface area contributed by atoms with Crippen LogP contribution in [0.4, 0.5) is 23.4 Å². The van der Waals surface area contributed by atoms with Gasteiger partial charge in [-0.1, -0.05) is 55.4 Å². The van der Waals surface area contributed by atoms with Crippen molar-refractivity contribution in [2.75, 3.05) is 21.3 Å². The summed E-state index contributed by atoms with van der Waals surface area (Å²) in [5.41, 5.74) is 3.44. The second kappa shape index (κ2) is 26.3. The van der Waals surface area contributed by atoms with E-state index >= 15 is 0 Å². The van der Waals surface area contributed by atoms with Crippen LogP contribution in [0.1, 0.15) is 153 Å². The van der Waals surface area contributed by atoms with Gasteiger partial charge < -0.3 is 21.3 Å². The van der Waals surface area contributed by atoms with Gasteiger partial charge in [-0.2, -0.15) is 5.10 Å². The van der Waals surface area contributed by atoms with Gasteiger partial charge >= 0.3 is 0 Å². The number of anilines is 4. The zero-order valence-corrected chi connectivity index (χ0v) is 41.6. The lowest BCUT2D eigenvalue weighted by Crippen LogP contribution is -2.47. The molecule has 4 aromatic rings. The number of piperidine rings is 4. The molecule has 8 rings (SSSR count). The molecule has 72 heavy (non-hydrogen) atoms. The van der Waals surface area contributed by atoms with Gasteiger partial charge in [0.25, 0.3) is 0 Å². The predicted octanol–water partition coefficient (Wildman–Crippen LogP) is 2.66. The molecule has 8 N–H and O–H groups in total. The summed E-state index contributed by atoms with van der Waals surface area (Å²) in [7, 11) is 0. The number of imide groups is 4. The monoisotopic (exact) mass is 994 g/mol. The number of hydrogen-bond donors (Lipinski definition) is 8. The highest BCUT2D eigenvalue weighted by molar-refractivity contribution is 6.03. The summed E-state index contributed by atoms with van der Waals surface area (Å²) in [4.78, 5) is 119. The first-order valence-corrected chi connectivity index (χ1v) is 23.8. The SMILES string of the molecule is CC(C)c1cnc(NC2CCC(=O)NC2=O)cn1.CC(C)c1cnc(NC2CCC(=O)NC2=O)nc1.CC(C)c1cnc(NC2CCC(=O)NC2=O)nn1.CC(C)c1ncc(NC2CCC(=O)NC2=O)cn1. The number of rotatable bonds is 12. The van der Waals surface area contributed by atoms with Crippen molar-refractivity contribution in [3.05, 3.63) is 66.2 Å². The van der Waals surface area contributed by atoms with Gasteiger partial charge in [0, 0.05) is 44.0 Å². The lowest BCUT2D eigenvalue weighted by Gasteiger charge is -2.22. The molecule has 25 heteroatoms. The van der Waals surface area contributed by atoms with E-state index in [1.807, 2.05) is 41.5 Å². The Kier molecular flexibility index (Phi) is 20.1. The van der Waals surface area contributed by atoms with Crippen LogP contribution >= 0.6 is 0 Å². The van der Waals surface area contributed by atoms with E-state index in [9.17, 15) is 38.4 Å². The molecule has 4 aliphatic rings. The Balaban J connectivity index is 0.000000178. The van der Waals surface area contributed by atoms with Crippen molar-refractivity contribution in [2.45, 2.75) is 155 Å². The van der Waals surface area contributed by atoms with E-state index in [-0.39, 0.29) is 59.1 Å². The van der Waals surface area contributed by atoms with Crippen LogP contribution < -0.4 is 42.5 Å². The topological polar surface area (TPSA) is 349 Å². The average molecular weight is 994 g/mol. The average Bonchev–Trinajstić information content (AvgIpc) is 3.34. The van der Waals surface area contributed by atoms with Crippen LogP contribution in [0.3, 0.4) is 0 Å². The third kappa shape index (κ3) is 17.2. The van der Waals surface area contributed by atoms with Crippen molar-refractivity contribution >= 4 is 70.7 Å². The first-order valence-electron chi connectivity index (χ1n) is 23.8. The van der Waals surface area contributed by atoms with E-state index in [1.54, 1.807) is 43.4 Å². The fraction of sp³-hybridized carbons (Fsp3) is 0.511. The molecule has 4 aromatic heterocycles. The molecule has 8 amide bonds.